The van der Waals surface area contributed by atoms with Crippen molar-refractivity contribution in [3.63, 3.8) is 0 Å². The zero-order valence-corrected chi connectivity index (χ0v) is 20.4. The number of benzene rings is 5. The highest BCUT2D eigenvalue weighted by Crippen LogP contribution is 2.37. The van der Waals surface area contributed by atoms with Crippen molar-refractivity contribution in [2.24, 2.45) is 0 Å². The lowest BCUT2D eigenvalue weighted by Gasteiger charge is -2.17. The number of allylic oxidation sites excluding steroid dienone is 3. The van der Waals surface area contributed by atoms with E-state index in [1.165, 1.54) is 76.3 Å². The largest absolute Gasteiger partial charge is 0.355 e. The molecule has 0 aromatic heterocycles. The summed E-state index contributed by atoms with van der Waals surface area (Å²) in [7, 11) is 0. The highest BCUT2D eigenvalue weighted by molar-refractivity contribution is 6.26. The molecule has 2 aliphatic rings. The minimum atomic E-state index is 0.965. The monoisotopic (exact) mass is 449 g/mol. The number of fused-ring (bicyclic) bond motifs is 8. The van der Waals surface area contributed by atoms with E-state index in [0.717, 1.165) is 12.1 Å². The van der Waals surface area contributed by atoms with Gasteiger partial charge < -0.3 is 5.32 Å². The first kappa shape index (κ1) is 20.3. The van der Waals surface area contributed by atoms with E-state index < -0.39 is 0 Å². The number of rotatable bonds is 2. The summed E-state index contributed by atoms with van der Waals surface area (Å²) in [5, 5.41) is 14.5. The number of nitrogens with one attached hydrogen (secondary N) is 1. The minimum absolute atomic E-state index is 0.965. The summed E-state index contributed by atoms with van der Waals surface area (Å²) in [5.74, 6) is 0. The molecular formula is C34H27N. The molecule has 1 heteroatoms. The summed E-state index contributed by atoms with van der Waals surface area (Å²) in [6.07, 6.45) is 7.88. The van der Waals surface area contributed by atoms with E-state index in [2.05, 4.69) is 117 Å². The summed E-state index contributed by atoms with van der Waals surface area (Å²) in [6, 6.07) is 26.9. The molecule has 0 bridgehead atoms. The molecule has 0 heterocycles. The van der Waals surface area contributed by atoms with Crippen molar-refractivity contribution in [2.45, 2.75) is 27.2 Å². The lowest BCUT2D eigenvalue weighted by molar-refractivity contribution is 1.30. The number of hydrogen-bond acceptors (Lipinski definition) is 1. The van der Waals surface area contributed by atoms with Gasteiger partial charge in [-0.1, -0.05) is 54.6 Å². The fourth-order valence-corrected chi connectivity index (χ4v) is 5.99. The van der Waals surface area contributed by atoms with Gasteiger partial charge in [-0.3, -0.25) is 0 Å². The molecule has 5 aromatic carbocycles. The molecule has 0 radical (unpaired) electrons. The molecule has 1 N–H and O–H groups in total. The van der Waals surface area contributed by atoms with Crippen LogP contribution in [0.1, 0.15) is 23.1 Å². The van der Waals surface area contributed by atoms with Crippen molar-refractivity contribution in [3.05, 3.63) is 123 Å². The Hall–Kier alpha value is -4.10. The van der Waals surface area contributed by atoms with Gasteiger partial charge in [0, 0.05) is 17.0 Å². The van der Waals surface area contributed by atoms with Gasteiger partial charge in [-0.25, -0.2) is 0 Å². The van der Waals surface area contributed by atoms with Crippen LogP contribution in [0.15, 0.2) is 96.2 Å². The molecular weight excluding hydrogens is 422 g/mol. The second-order valence-electron chi connectivity index (χ2n) is 10.0. The van der Waals surface area contributed by atoms with Crippen LogP contribution in [0.5, 0.6) is 0 Å². The highest BCUT2D eigenvalue weighted by atomic mass is 14.9. The van der Waals surface area contributed by atoms with Crippen molar-refractivity contribution in [1.82, 2.24) is 0 Å². The molecule has 0 saturated carbocycles. The predicted molar refractivity (Wildman–Crippen MR) is 151 cm³/mol. The van der Waals surface area contributed by atoms with Crippen LogP contribution >= 0.6 is 0 Å². The molecule has 5 aromatic rings. The molecule has 7 rings (SSSR count). The molecule has 0 fully saturated rings. The van der Waals surface area contributed by atoms with Crippen molar-refractivity contribution >= 4 is 49.7 Å². The Bertz CT molecular complexity index is 1910. The second kappa shape index (κ2) is 7.45. The van der Waals surface area contributed by atoms with Gasteiger partial charge in [0.15, 0.2) is 0 Å². The van der Waals surface area contributed by atoms with Gasteiger partial charge in [-0.2, -0.15) is 0 Å². The smallest absolute Gasteiger partial charge is 0.0458 e. The van der Waals surface area contributed by atoms with Gasteiger partial charge in [0.2, 0.25) is 0 Å². The van der Waals surface area contributed by atoms with Gasteiger partial charge in [-0.15, -0.1) is 0 Å². The van der Waals surface area contributed by atoms with Crippen molar-refractivity contribution in [3.8, 4) is 0 Å². The third-order valence-corrected chi connectivity index (χ3v) is 7.85. The van der Waals surface area contributed by atoms with Gasteiger partial charge in [0.25, 0.3) is 0 Å². The summed E-state index contributed by atoms with van der Waals surface area (Å²) < 4.78 is 0. The standard InChI is InChI=1S/C34H27N/c1-20-8-6-9-24(16-20)35-33-13-7-12-27-29-19-30-26-11-5-4-10-25(26)28-15-14-21(2)22(3)34(28)32(30)18-23(29)17-31(27)33/h4-11,13-19,35H,12H2,1-3H3. The van der Waals surface area contributed by atoms with Crippen LogP contribution in [0.4, 0.5) is 5.69 Å². The molecule has 2 aliphatic carbocycles. The third-order valence-electron chi connectivity index (χ3n) is 7.85. The summed E-state index contributed by atoms with van der Waals surface area (Å²) in [4.78, 5) is 0. The second-order valence-corrected chi connectivity index (χ2v) is 10.0. The Balaban J connectivity index is 1.56. The average Bonchev–Trinajstić information content (AvgIpc) is 3.24. The van der Waals surface area contributed by atoms with Crippen LogP contribution in [-0.2, 0) is 0 Å². The zero-order valence-electron chi connectivity index (χ0n) is 20.4. The van der Waals surface area contributed by atoms with Crippen LogP contribution in [0.2, 0.25) is 0 Å². The Labute approximate surface area is 205 Å². The van der Waals surface area contributed by atoms with E-state index >= 15 is 0 Å². The van der Waals surface area contributed by atoms with E-state index in [1.807, 2.05) is 0 Å². The Morgan fingerprint density at radius 1 is 0.714 bits per heavy atom. The fraction of sp³-hybridized carbons (Fsp3) is 0.118. The molecule has 0 spiro atoms. The normalized spacial score (nSPS) is 14.5. The molecule has 0 unspecified atom stereocenters. The molecule has 35 heavy (non-hydrogen) atoms. The zero-order chi connectivity index (χ0) is 23.7. The van der Waals surface area contributed by atoms with Crippen LogP contribution in [-0.4, -0.2) is 0 Å². The minimum Gasteiger partial charge on any atom is -0.355 e. The van der Waals surface area contributed by atoms with Crippen LogP contribution < -0.4 is 15.8 Å². The van der Waals surface area contributed by atoms with Gasteiger partial charge in [0.05, 0.1) is 0 Å². The first-order valence-electron chi connectivity index (χ1n) is 12.4. The van der Waals surface area contributed by atoms with Crippen LogP contribution in [0.3, 0.4) is 0 Å². The van der Waals surface area contributed by atoms with Crippen LogP contribution in [0, 0.1) is 20.8 Å². The molecule has 0 saturated heterocycles. The highest BCUT2D eigenvalue weighted by Gasteiger charge is 2.19. The van der Waals surface area contributed by atoms with E-state index in [1.54, 1.807) is 0 Å². The first-order chi connectivity index (χ1) is 17.1. The van der Waals surface area contributed by atoms with Crippen molar-refractivity contribution in [1.29, 1.82) is 0 Å². The van der Waals surface area contributed by atoms with Crippen molar-refractivity contribution < 1.29 is 0 Å². The van der Waals surface area contributed by atoms with Gasteiger partial charge in [-0.05, 0) is 129 Å². The molecule has 0 aliphatic heterocycles. The predicted octanol–water partition coefficient (Wildman–Crippen LogP) is 7.34. The van der Waals surface area contributed by atoms with E-state index in [0.29, 0.717) is 0 Å². The van der Waals surface area contributed by atoms with E-state index in [-0.39, 0.29) is 0 Å². The molecule has 1 nitrogen and oxygen atoms in total. The maximum absolute atomic E-state index is 3.69. The SMILES string of the molecule is Cc1cccc(NC2=C3C=c4cc5c(cc4=C3CC=C2)c2ccccc2c2ccc(C)c(C)c25)c1. The first-order valence-corrected chi connectivity index (χ1v) is 12.4. The Morgan fingerprint density at radius 2 is 1.54 bits per heavy atom. The van der Waals surface area contributed by atoms with E-state index in [4.69, 9.17) is 0 Å². The summed E-state index contributed by atoms with van der Waals surface area (Å²) in [5.41, 5.74) is 9.04. The number of hydrogen-bond donors (Lipinski definition) is 1. The maximum atomic E-state index is 3.69. The summed E-state index contributed by atoms with van der Waals surface area (Å²) in [6.45, 7) is 6.63. The fourth-order valence-electron chi connectivity index (χ4n) is 5.99. The lowest BCUT2D eigenvalue weighted by atomic mass is 9.89. The average molecular weight is 450 g/mol. The third kappa shape index (κ3) is 3.01. The summed E-state index contributed by atoms with van der Waals surface area (Å²) >= 11 is 0. The Kier molecular flexibility index (Phi) is 4.32. The van der Waals surface area contributed by atoms with E-state index in [9.17, 15) is 0 Å². The number of aryl methyl sites for hydroxylation is 3. The molecule has 0 amide bonds. The molecule has 0 atom stereocenters. The van der Waals surface area contributed by atoms with Crippen LogP contribution in [0.25, 0.3) is 44.0 Å². The quantitative estimate of drug-likeness (QED) is 0.278. The Morgan fingerprint density at radius 3 is 2.37 bits per heavy atom. The van der Waals surface area contributed by atoms with Crippen molar-refractivity contribution in [2.75, 3.05) is 5.32 Å². The van der Waals surface area contributed by atoms with Gasteiger partial charge in [0.1, 0.15) is 0 Å². The maximum Gasteiger partial charge on any atom is 0.0458 e. The lowest BCUT2D eigenvalue weighted by Crippen LogP contribution is -2.23. The number of anilines is 1. The topological polar surface area (TPSA) is 12.0 Å². The molecule has 168 valence electrons. The van der Waals surface area contributed by atoms with Gasteiger partial charge >= 0.3 is 0 Å².